The zero-order valence-corrected chi connectivity index (χ0v) is 11.6. The highest BCUT2D eigenvalue weighted by Gasteiger charge is 2.14. The van der Waals surface area contributed by atoms with E-state index in [-0.39, 0.29) is 0 Å². The molecule has 0 saturated heterocycles. The maximum Gasteiger partial charge on any atom is 0.131 e. The van der Waals surface area contributed by atoms with Crippen LogP contribution in [0.2, 0.25) is 0 Å². The van der Waals surface area contributed by atoms with Gasteiger partial charge in [-0.05, 0) is 39.0 Å². The predicted molar refractivity (Wildman–Crippen MR) is 74.5 cm³/mol. The Hall–Kier alpha value is -1.97. The summed E-state index contributed by atoms with van der Waals surface area (Å²) < 4.78 is 13.2. The molecule has 4 heteroatoms. The number of aromatic nitrogens is 2. The van der Waals surface area contributed by atoms with E-state index in [2.05, 4.69) is 18.1 Å². The Morgan fingerprint density at radius 3 is 2.21 bits per heavy atom. The minimum Gasteiger partial charge on any atom is -0.493 e. The Balaban J connectivity index is 2.49. The number of benzene rings is 1. The third-order valence-electron chi connectivity index (χ3n) is 2.77. The van der Waals surface area contributed by atoms with Crippen molar-refractivity contribution in [2.45, 2.75) is 27.3 Å². The van der Waals surface area contributed by atoms with E-state index in [0.717, 1.165) is 29.2 Å². The summed E-state index contributed by atoms with van der Waals surface area (Å²) in [6, 6.07) is 6.73. The van der Waals surface area contributed by atoms with Crippen molar-refractivity contribution < 1.29 is 9.47 Å². The quantitative estimate of drug-likeness (QED) is 0.799. The van der Waals surface area contributed by atoms with Crippen molar-refractivity contribution >= 4 is 0 Å². The van der Waals surface area contributed by atoms with Gasteiger partial charge in [0.1, 0.15) is 11.5 Å². The highest BCUT2D eigenvalue weighted by Crippen LogP contribution is 2.38. The Morgan fingerprint density at radius 2 is 1.74 bits per heavy atom. The summed E-state index contributed by atoms with van der Waals surface area (Å²) in [7, 11) is 0. The van der Waals surface area contributed by atoms with Crippen molar-refractivity contribution in [3.05, 3.63) is 30.6 Å². The molecule has 0 bridgehead atoms. The first kappa shape index (κ1) is 13.5. The largest absolute Gasteiger partial charge is 0.493 e. The number of rotatable bonds is 6. The molecule has 2 aromatic rings. The molecule has 1 heterocycles. The van der Waals surface area contributed by atoms with E-state index >= 15 is 0 Å². The average molecular weight is 259 g/mol. The molecule has 101 valence electrons. The minimum absolute atomic E-state index is 0.609. The van der Waals surface area contributed by atoms with E-state index in [1.165, 1.54) is 0 Å². The summed E-state index contributed by atoms with van der Waals surface area (Å²) in [5, 5.41) is 4.31. The van der Waals surface area contributed by atoms with Gasteiger partial charge in [-0.25, -0.2) is 0 Å². The molecule has 0 fully saturated rings. The molecule has 0 aliphatic rings. The molecule has 0 spiro atoms. The Labute approximate surface area is 114 Å². The summed E-state index contributed by atoms with van der Waals surface area (Å²) in [5.41, 5.74) is 1.95. The molecule has 1 aromatic heterocycles. The lowest BCUT2D eigenvalue weighted by molar-refractivity contribution is 0.325. The van der Waals surface area contributed by atoms with Crippen LogP contribution in [0, 0.1) is 6.07 Å². The van der Waals surface area contributed by atoms with Gasteiger partial charge < -0.3 is 9.47 Å². The standard InChI is InChI=1S/C15H19N2O2/c1-4-17-11-12(10-16-17)15-13(18-5-2)8-7-9-14(15)19-6-3/h8-11H,4-6H2,1-3H3. The van der Waals surface area contributed by atoms with E-state index in [9.17, 15) is 0 Å². The zero-order valence-electron chi connectivity index (χ0n) is 11.6. The lowest BCUT2D eigenvalue weighted by atomic mass is 10.1. The van der Waals surface area contributed by atoms with Gasteiger partial charge in [0.2, 0.25) is 0 Å². The van der Waals surface area contributed by atoms with E-state index < -0.39 is 0 Å². The highest BCUT2D eigenvalue weighted by molar-refractivity contribution is 5.75. The van der Waals surface area contributed by atoms with Crippen LogP contribution in [-0.4, -0.2) is 23.0 Å². The van der Waals surface area contributed by atoms with Crippen LogP contribution in [0.5, 0.6) is 11.5 Å². The lowest BCUT2D eigenvalue weighted by Gasteiger charge is -2.13. The second kappa shape index (κ2) is 6.27. The van der Waals surface area contributed by atoms with Crippen molar-refractivity contribution in [3.63, 3.8) is 0 Å². The number of hydrogen-bond acceptors (Lipinski definition) is 3. The molecule has 0 aliphatic heterocycles. The summed E-state index contributed by atoms with van der Waals surface area (Å²) in [5.74, 6) is 1.56. The molecule has 0 saturated carbocycles. The first-order valence-corrected chi connectivity index (χ1v) is 6.62. The fraction of sp³-hybridized carbons (Fsp3) is 0.400. The van der Waals surface area contributed by atoms with E-state index in [4.69, 9.17) is 9.47 Å². The van der Waals surface area contributed by atoms with Crippen LogP contribution in [0.3, 0.4) is 0 Å². The third-order valence-corrected chi connectivity index (χ3v) is 2.77. The van der Waals surface area contributed by atoms with Crippen molar-refractivity contribution in [2.75, 3.05) is 13.2 Å². The summed E-state index contributed by atoms with van der Waals surface area (Å²) >= 11 is 0. The Morgan fingerprint density at radius 1 is 1.11 bits per heavy atom. The van der Waals surface area contributed by atoms with Gasteiger partial charge in [0.05, 0.1) is 25.0 Å². The second-order valence-corrected chi connectivity index (χ2v) is 4.01. The van der Waals surface area contributed by atoms with Gasteiger partial charge in [-0.3, -0.25) is 4.68 Å². The molecule has 1 radical (unpaired) electrons. The van der Waals surface area contributed by atoms with Crippen molar-refractivity contribution in [3.8, 4) is 22.6 Å². The fourth-order valence-electron chi connectivity index (χ4n) is 1.95. The van der Waals surface area contributed by atoms with Crippen LogP contribution in [0.1, 0.15) is 20.8 Å². The van der Waals surface area contributed by atoms with E-state index in [0.29, 0.717) is 13.2 Å². The molecular weight excluding hydrogens is 240 g/mol. The van der Waals surface area contributed by atoms with Crippen LogP contribution in [0.25, 0.3) is 11.1 Å². The Kier molecular flexibility index (Phi) is 4.44. The number of nitrogens with zero attached hydrogens (tertiary/aromatic N) is 2. The summed E-state index contributed by atoms with van der Waals surface area (Å²) in [4.78, 5) is 0. The number of ether oxygens (including phenoxy) is 2. The van der Waals surface area contributed by atoms with Gasteiger partial charge in [0.25, 0.3) is 0 Å². The van der Waals surface area contributed by atoms with Gasteiger partial charge in [0, 0.05) is 18.3 Å². The molecule has 0 unspecified atom stereocenters. The molecule has 0 N–H and O–H groups in total. The molecule has 0 amide bonds. The summed E-state index contributed by atoms with van der Waals surface area (Å²) in [6.07, 6.45) is 3.84. The van der Waals surface area contributed by atoms with Crippen LogP contribution in [0.15, 0.2) is 24.5 Å². The monoisotopic (exact) mass is 259 g/mol. The van der Waals surface area contributed by atoms with Crippen LogP contribution in [-0.2, 0) is 6.54 Å². The first-order valence-electron chi connectivity index (χ1n) is 6.62. The molecule has 19 heavy (non-hydrogen) atoms. The predicted octanol–water partition coefficient (Wildman–Crippen LogP) is 3.17. The molecule has 4 nitrogen and oxygen atoms in total. The lowest BCUT2D eigenvalue weighted by Crippen LogP contribution is -1.98. The number of hydrogen-bond donors (Lipinski definition) is 0. The van der Waals surface area contributed by atoms with Gasteiger partial charge in [0.15, 0.2) is 0 Å². The molecule has 1 aromatic carbocycles. The third kappa shape index (κ3) is 2.89. The SMILES string of the molecule is CCOc1c[c]cc(OCC)c1-c1cnn(CC)c1. The van der Waals surface area contributed by atoms with Crippen LogP contribution >= 0.6 is 0 Å². The molecule has 2 rings (SSSR count). The van der Waals surface area contributed by atoms with Crippen LogP contribution in [0.4, 0.5) is 0 Å². The van der Waals surface area contributed by atoms with Crippen molar-refractivity contribution in [1.29, 1.82) is 0 Å². The molecule has 0 aliphatic carbocycles. The summed E-state index contributed by atoms with van der Waals surface area (Å²) in [6.45, 7) is 8.05. The van der Waals surface area contributed by atoms with Gasteiger partial charge in [-0.2, -0.15) is 5.10 Å². The first-order chi connectivity index (χ1) is 9.30. The maximum absolute atomic E-state index is 5.67. The van der Waals surface area contributed by atoms with Crippen molar-refractivity contribution in [1.82, 2.24) is 9.78 Å². The van der Waals surface area contributed by atoms with Gasteiger partial charge in [-0.1, -0.05) is 0 Å². The molecular formula is C15H19N2O2. The average Bonchev–Trinajstić information content (AvgIpc) is 2.88. The maximum atomic E-state index is 5.67. The normalized spacial score (nSPS) is 10.5. The minimum atomic E-state index is 0.609. The van der Waals surface area contributed by atoms with Crippen molar-refractivity contribution in [2.24, 2.45) is 0 Å². The van der Waals surface area contributed by atoms with Crippen LogP contribution < -0.4 is 9.47 Å². The highest BCUT2D eigenvalue weighted by atomic mass is 16.5. The Bertz CT molecular complexity index is 510. The van der Waals surface area contributed by atoms with Gasteiger partial charge >= 0.3 is 0 Å². The topological polar surface area (TPSA) is 36.3 Å². The number of aryl methyl sites for hydroxylation is 1. The molecule has 0 atom stereocenters. The zero-order chi connectivity index (χ0) is 13.7. The smallest absolute Gasteiger partial charge is 0.131 e. The fourth-order valence-corrected chi connectivity index (χ4v) is 1.95. The van der Waals surface area contributed by atoms with E-state index in [1.54, 1.807) is 0 Å². The van der Waals surface area contributed by atoms with E-state index in [1.807, 2.05) is 43.1 Å². The van der Waals surface area contributed by atoms with Gasteiger partial charge in [-0.15, -0.1) is 0 Å². The second-order valence-electron chi connectivity index (χ2n) is 4.01.